The molecule has 1 unspecified atom stereocenters. The van der Waals surface area contributed by atoms with Crippen LogP contribution < -0.4 is 5.73 Å². The first-order chi connectivity index (χ1) is 7.51. The van der Waals surface area contributed by atoms with Crippen molar-refractivity contribution < 1.29 is 26.3 Å². The van der Waals surface area contributed by atoms with Crippen molar-refractivity contribution in [1.82, 2.24) is 9.78 Å². The molecule has 0 amide bonds. The van der Waals surface area contributed by atoms with Gasteiger partial charge in [0.05, 0.1) is 0 Å². The lowest BCUT2D eigenvalue weighted by atomic mass is 10.1. The van der Waals surface area contributed by atoms with Crippen LogP contribution in [0.1, 0.15) is 11.4 Å². The van der Waals surface area contributed by atoms with Crippen LogP contribution in [0, 0.1) is 0 Å². The van der Waals surface area contributed by atoms with Crippen LogP contribution in [0.4, 0.5) is 26.3 Å². The number of halogens is 6. The summed E-state index contributed by atoms with van der Waals surface area (Å²) in [5.74, 6) is 0. The first-order valence-corrected chi connectivity index (χ1v) is 4.44. The molecule has 1 aromatic rings. The number of aromatic nitrogens is 2. The summed E-state index contributed by atoms with van der Waals surface area (Å²) in [6.45, 7) is 0. The Balaban J connectivity index is 2.90. The third-order valence-electron chi connectivity index (χ3n) is 2.12. The lowest BCUT2D eigenvalue weighted by Gasteiger charge is -2.14. The van der Waals surface area contributed by atoms with Crippen LogP contribution in [-0.2, 0) is 19.6 Å². The van der Waals surface area contributed by atoms with Crippen molar-refractivity contribution in [3.8, 4) is 0 Å². The third-order valence-corrected chi connectivity index (χ3v) is 2.12. The van der Waals surface area contributed by atoms with E-state index in [1.165, 1.54) is 0 Å². The van der Waals surface area contributed by atoms with Crippen LogP contribution >= 0.6 is 0 Å². The van der Waals surface area contributed by atoms with E-state index in [-0.39, 0.29) is 5.69 Å². The number of aryl methyl sites for hydroxylation is 1. The number of alkyl halides is 6. The maximum atomic E-state index is 12.2. The van der Waals surface area contributed by atoms with Crippen molar-refractivity contribution >= 4 is 0 Å². The van der Waals surface area contributed by atoms with E-state index in [2.05, 4.69) is 5.10 Å². The van der Waals surface area contributed by atoms with Crippen LogP contribution in [0.3, 0.4) is 0 Å². The van der Waals surface area contributed by atoms with Crippen LogP contribution in [0.5, 0.6) is 0 Å². The topological polar surface area (TPSA) is 43.8 Å². The molecule has 98 valence electrons. The Labute approximate surface area is 92.2 Å². The minimum absolute atomic E-state index is 0.220. The molecule has 1 atom stereocenters. The lowest BCUT2D eigenvalue weighted by molar-refractivity contribution is -0.147. The first-order valence-electron chi connectivity index (χ1n) is 4.44. The Morgan fingerprint density at radius 2 is 1.82 bits per heavy atom. The van der Waals surface area contributed by atoms with Crippen molar-refractivity contribution in [2.45, 2.75) is 24.8 Å². The van der Waals surface area contributed by atoms with Gasteiger partial charge < -0.3 is 5.73 Å². The molecule has 1 heterocycles. The van der Waals surface area contributed by atoms with Gasteiger partial charge in [-0.05, 0) is 6.07 Å². The summed E-state index contributed by atoms with van der Waals surface area (Å²) in [5, 5.41) is 3.09. The Hall–Kier alpha value is -1.25. The monoisotopic (exact) mass is 261 g/mol. The van der Waals surface area contributed by atoms with E-state index in [4.69, 9.17) is 5.73 Å². The second-order valence-electron chi connectivity index (χ2n) is 3.49. The van der Waals surface area contributed by atoms with Crippen molar-refractivity contribution in [2.24, 2.45) is 12.8 Å². The molecule has 0 radical (unpaired) electrons. The fraction of sp³-hybridized carbons (Fsp3) is 0.625. The standard InChI is InChI=1S/C8H9F6N3/c1-17-4(2-5(15)7(9,10)11)3-6(16-17)8(12,13)14/h3,5H,2,15H2,1H3. The third kappa shape index (κ3) is 3.35. The highest BCUT2D eigenvalue weighted by Crippen LogP contribution is 2.29. The highest BCUT2D eigenvalue weighted by atomic mass is 19.4. The average Bonchev–Trinajstić information content (AvgIpc) is 2.45. The zero-order chi connectivity index (χ0) is 13.4. The normalized spacial score (nSPS) is 15.1. The van der Waals surface area contributed by atoms with Crippen LogP contribution in [0.15, 0.2) is 6.07 Å². The largest absolute Gasteiger partial charge is 0.435 e. The molecule has 17 heavy (non-hydrogen) atoms. The maximum Gasteiger partial charge on any atom is 0.435 e. The van der Waals surface area contributed by atoms with Crippen LogP contribution in [0.25, 0.3) is 0 Å². The summed E-state index contributed by atoms with van der Waals surface area (Å²) in [6, 6.07) is -1.65. The van der Waals surface area contributed by atoms with Gasteiger partial charge in [-0.3, -0.25) is 4.68 Å². The van der Waals surface area contributed by atoms with Crippen molar-refractivity contribution in [3.05, 3.63) is 17.5 Å². The molecule has 2 N–H and O–H groups in total. The predicted molar refractivity (Wildman–Crippen MR) is 45.9 cm³/mol. The zero-order valence-corrected chi connectivity index (χ0v) is 8.60. The molecule has 0 aliphatic rings. The molecule has 0 aliphatic heterocycles. The second-order valence-corrected chi connectivity index (χ2v) is 3.49. The Morgan fingerprint density at radius 3 is 2.18 bits per heavy atom. The smallest absolute Gasteiger partial charge is 0.320 e. The predicted octanol–water partition coefficient (Wildman–Crippen LogP) is 1.87. The van der Waals surface area contributed by atoms with Gasteiger partial charge in [-0.2, -0.15) is 31.4 Å². The number of rotatable bonds is 2. The Morgan fingerprint density at radius 1 is 1.29 bits per heavy atom. The zero-order valence-electron chi connectivity index (χ0n) is 8.60. The molecular weight excluding hydrogens is 252 g/mol. The van der Waals surface area contributed by atoms with Gasteiger partial charge in [0, 0.05) is 19.2 Å². The highest BCUT2D eigenvalue weighted by Gasteiger charge is 2.39. The summed E-state index contributed by atoms with van der Waals surface area (Å²) in [4.78, 5) is 0. The minimum Gasteiger partial charge on any atom is -0.320 e. The van der Waals surface area contributed by atoms with Gasteiger partial charge in [-0.1, -0.05) is 0 Å². The van der Waals surface area contributed by atoms with E-state index >= 15 is 0 Å². The van der Waals surface area contributed by atoms with Gasteiger partial charge in [-0.25, -0.2) is 0 Å². The molecule has 3 nitrogen and oxygen atoms in total. The van der Waals surface area contributed by atoms with E-state index in [1.54, 1.807) is 0 Å². The molecule has 0 spiro atoms. The first kappa shape index (κ1) is 13.8. The van der Waals surface area contributed by atoms with Crippen LogP contribution in [0.2, 0.25) is 0 Å². The molecule has 1 rings (SSSR count). The van der Waals surface area contributed by atoms with Crippen molar-refractivity contribution in [2.75, 3.05) is 0 Å². The number of hydrogen-bond acceptors (Lipinski definition) is 2. The lowest BCUT2D eigenvalue weighted by Crippen LogP contribution is -2.39. The summed E-state index contributed by atoms with van der Waals surface area (Å²) >= 11 is 0. The molecule has 0 aromatic carbocycles. The molecule has 0 saturated carbocycles. The Kier molecular flexibility index (Phi) is 3.42. The van der Waals surface area contributed by atoms with Gasteiger partial charge in [0.15, 0.2) is 5.69 Å². The molecule has 0 aliphatic carbocycles. The molecule has 0 fully saturated rings. The summed E-state index contributed by atoms with van der Waals surface area (Å²) < 4.78 is 73.8. The van der Waals surface area contributed by atoms with E-state index in [0.29, 0.717) is 6.07 Å². The minimum atomic E-state index is -4.68. The van der Waals surface area contributed by atoms with Gasteiger partial charge in [0.25, 0.3) is 0 Å². The molecule has 9 heteroatoms. The fourth-order valence-electron chi connectivity index (χ4n) is 1.18. The second kappa shape index (κ2) is 4.21. The summed E-state index contributed by atoms with van der Waals surface area (Å²) in [5.41, 5.74) is 3.37. The number of nitrogens with two attached hydrogens (primary N) is 1. The molecule has 0 saturated heterocycles. The SMILES string of the molecule is Cn1nc(C(F)(F)F)cc1CC(N)C(F)(F)F. The average molecular weight is 261 g/mol. The number of hydrogen-bond donors (Lipinski definition) is 1. The molecule has 0 bridgehead atoms. The van der Waals surface area contributed by atoms with E-state index in [9.17, 15) is 26.3 Å². The quantitative estimate of drug-likeness (QED) is 0.826. The van der Waals surface area contributed by atoms with Crippen LogP contribution in [-0.4, -0.2) is 22.0 Å². The van der Waals surface area contributed by atoms with Gasteiger partial charge in [0.1, 0.15) is 6.04 Å². The van der Waals surface area contributed by atoms with Gasteiger partial charge in [-0.15, -0.1) is 0 Å². The highest BCUT2D eigenvalue weighted by molar-refractivity contribution is 5.14. The Bertz CT molecular complexity index is 391. The van der Waals surface area contributed by atoms with Crippen molar-refractivity contribution in [1.29, 1.82) is 0 Å². The van der Waals surface area contributed by atoms with E-state index in [1.807, 2.05) is 0 Å². The van der Waals surface area contributed by atoms with Crippen molar-refractivity contribution in [3.63, 3.8) is 0 Å². The maximum absolute atomic E-state index is 12.2. The number of nitrogens with zero attached hydrogens (tertiary/aromatic N) is 2. The van der Waals surface area contributed by atoms with E-state index in [0.717, 1.165) is 11.7 Å². The molecule has 1 aromatic heterocycles. The summed E-state index contributed by atoms with van der Waals surface area (Å²) in [6.07, 6.45) is -10.1. The van der Waals surface area contributed by atoms with Gasteiger partial charge in [0.2, 0.25) is 0 Å². The summed E-state index contributed by atoms with van der Waals surface area (Å²) in [7, 11) is 1.13. The fourth-order valence-corrected chi connectivity index (χ4v) is 1.18. The van der Waals surface area contributed by atoms with E-state index < -0.39 is 30.5 Å². The molecular formula is C8H9F6N3. The van der Waals surface area contributed by atoms with Gasteiger partial charge >= 0.3 is 12.4 Å².